The number of alkyl carbamates (subject to hydrolysis) is 1. The van der Waals surface area contributed by atoms with Crippen molar-refractivity contribution in [2.75, 3.05) is 47.9 Å². The maximum Gasteiger partial charge on any atom is 0.509 e. The number of carbonyl (C=O) groups excluding carboxylic acids is 4. The fourth-order valence-electron chi connectivity index (χ4n) is 11.1. The lowest BCUT2D eigenvalue weighted by molar-refractivity contribution is -0.317. The van der Waals surface area contributed by atoms with E-state index in [4.69, 9.17) is 54.2 Å². The number of esters is 1. The molecule has 404 valence electrons. The first kappa shape index (κ1) is 58.5. The molecule has 18 atom stereocenters. The van der Waals surface area contributed by atoms with E-state index in [0.29, 0.717) is 42.9 Å². The quantitative estimate of drug-likeness (QED) is 0.100. The van der Waals surface area contributed by atoms with Crippen molar-refractivity contribution >= 4 is 35.7 Å². The van der Waals surface area contributed by atoms with Crippen LogP contribution in [0.3, 0.4) is 0 Å². The highest BCUT2D eigenvalue weighted by Crippen LogP contribution is 2.42. The number of rotatable bonds is 14. The Hall–Kier alpha value is -3.37. The zero-order chi connectivity index (χ0) is 52.7. The first-order valence-corrected chi connectivity index (χ1v) is 25.6. The normalized spacial score (nSPS) is 39.8. The van der Waals surface area contributed by atoms with Gasteiger partial charge in [0, 0.05) is 61.8 Å². The van der Waals surface area contributed by atoms with E-state index in [1.807, 2.05) is 65.6 Å². The summed E-state index contributed by atoms with van der Waals surface area (Å²) in [5.74, 6) is -2.94. The first-order chi connectivity index (χ1) is 33.2. The molecule has 20 heteroatoms. The lowest BCUT2D eigenvalue weighted by Crippen LogP contribution is -2.61. The second kappa shape index (κ2) is 24.8. The second-order valence-electron chi connectivity index (χ2n) is 21.3. The first-order valence-electron chi connectivity index (χ1n) is 25.3. The van der Waals surface area contributed by atoms with Gasteiger partial charge in [0.25, 0.3) is 5.91 Å². The number of likely N-dealkylation sites (N-methyl/N-ethyl adjacent to an activating group) is 2. The van der Waals surface area contributed by atoms with Crippen LogP contribution in [0.25, 0.3) is 0 Å². The number of aliphatic hydroxyl groups is 2. The summed E-state index contributed by atoms with van der Waals surface area (Å²) in [7, 11) is 7.17. The average Bonchev–Trinajstić information content (AvgIpc) is 3.62. The summed E-state index contributed by atoms with van der Waals surface area (Å²) in [5, 5.41) is 30.7. The molecule has 5 rings (SSSR count). The lowest BCUT2D eigenvalue weighted by Gasteiger charge is -2.49. The Morgan fingerprint density at radius 1 is 0.930 bits per heavy atom. The monoisotopic (exact) mass is 1030 g/mol. The molecule has 0 aromatic heterocycles. The molecule has 0 aliphatic carbocycles. The second-order valence-corrected chi connectivity index (χ2v) is 21.8. The van der Waals surface area contributed by atoms with Gasteiger partial charge in [0.05, 0.1) is 35.9 Å². The van der Waals surface area contributed by atoms with Crippen LogP contribution in [-0.4, -0.2) is 182 Å². The third-order valence-electron chi connectivity index (χ3n) is 15.1. The fraction of sp³-hybridized carbons (Fsp3) is 0.804. The van der Waals surface area contributed by atoms with Crippen LogP contribution in [0, 0.1) is 17.8 Å². The molecule has 4 N–H and O–H groups in total. The predicted molar refractivity (Wildman–Crippen MR) is 263 cm³/mol. The number of nitrogens with one attached hydrogen (secondary N) is 2. The highest BCUT2D eigenvalue weighted by Gasteiger charge is 2.58. The third-order valence-corrected chi connectivity index (χ3v) is 15.4. The molecule has 4 saturated heterocycles. The molecule has 1 aromatic rings. The van der Waals surface area contributed by atoms with Crippen LogP contribution in [0.15, 0.2) is 24.3 Å². The van der Waals surface area contributed by atoms with Crippen molar-refractivity contribution in [2.24, 2.45) is 17.8 Å². The van der Waals surface area contributed by atoms with Gasteiger partial charge < -0.3 is 68.4 Å². The number of methoxy groups -OCH3 is 1. The molecule has 4 fully saturated rings. The fourth-order valence-corrected chi connectivity index (χ4v) is 11.2. The van der Waals surface area contributed by atoms with E-state index in [0.717, 1.165) is 0 Å². The SMILES string of the molecule is CC[C@H]1OC(=O)[C@H](C)[C@@H](O[C@H]2C[C@@](C)(OC)[C@@H](OC(=O)NCCCCNC(=O)c3ccc(Cl)cc3)[C@H](C)O2)[C@H](C)[C@@H](O[C@@H]2O[C@H](C)C[C@H](N(C)C)[C@H]2O)[C@](C)(O)C[C@@H](C)CN(C)[C@H](C)[C@H]2OC(=O)O[C@@]21C. The average molecular weight is 1030 g/mol. The molecule has 2 amide bonds. The van der Waals surface area contributed by atoms with Gasteiger partial charge in [-0.3, -0.25) is 14.5 Å². The minimum Gasteiger partial charge on any atom is -0.458 e. The summed E-state index contributed by atoms with van der Waals surface area (Å²) >= 11 is 5.93. The molecular weight excluding hydrogens is 944 g/mol. The van der Waals surface area contributed by atoms with Gasteiger partial charge in [-0.05, 0) is 132 Å². The zero-order valence-electron chi connectivity index (χ0n) is 44.3. The van der Waals surface area contributed by atoms with Crippen molar-refractivity contribution in [1.82, 2.24) is 20.4 Å². The number of unbranched alkanes of at least 4 members (excludes halogenated alkanes) is 1. The molecule has 4 heterocycles. The van der Waals surface area contributed by atoms with Crippen molar-refractivity contribution in [2.45, 2.75) is 198 Å². The van der Waals surface area contributed by atoms with Gasteiger partial charge in [0.1, 0.15) is 17.8 Å². The van der Waals surface area contributed by atoms with E-state index >= 15 is 0 Å². The van der Waals surface area contributed by atoms with Crippen LogP contribution >= 0.6 is 11.6 Å². The van der Waals surface area contributed by atoms with Crippen LogP contribution in [0.4, 0.5) is 9.59 Å². The van der Waals surface area contributed by atoms with Crippen molar-refractivity contribution in [3.05, 3.63) is 34.9 Å². The van der Waals surface area contributed by atoms with Gasteiger partial charge in [-0.25, -0.2) is 9.59 Å². The highest BCUT2D eigenvalue weighted by atomic mass is 35.5. The maximum atomic E-state index is 14.7. The van der Waals surface area contributed by atoms with Gasteiger partial charge in [-0.2, -0.15) is 0 Å². The molecule has 4 aliphatic rings. The summed E-state index contributed by atoms with van der Waals surface area (Å²) in [6.45, 7) is 19.2. The summed E-state index contributed by atoms with van der Waals surface area (Å²) in [6, 6.07) is 5.90. The minimum absolute atomic E-state index is 0.0460. The Labute approximate surface area is 425 Å². The van der Waals surface area contributed by atoms with E-state index in [2.05, 4.69) is 10.6 Å². The zero-order valence-corrected chi connectivity index (χ0v) is 45.1. The van der Waals surface area contributed by atoms with E-state index < -0.39 is 108 Å². The molecule has 0 bridgehead atoms. The topological polar surface area (TPSA) is 222 Å². The summed E-state index contributed by atoms with van der Waals surface area (Å²) in [4.78, 5) is 57.3. The van der Waals surface area contributed by atoms with Crippen molar-refractivity contribution in [3.63, 3.8) is 0 Å². The number of amides is 2. The van der Waals surface area contributed by atoms with E-state index in [9.17, 15) is 29.4 Å². The van der Waals surface area contributed by atoms with Crippen molar-refractivity contribution in [1.29, 1.82) is 0 Å². The summed E-state index contributed by atoms with van der Waals surface area (Å²) < 4.78 is 56.6. The molecule has 1 aromatic carbocycles. The van der Waals surface area contributed by atoms with Crippen LogP contribution in [0.5, 0.6) is 0 Å². The lowest BCUT2D eigenvalue weighted by atomic mass is 9.77. The van der Waals surface area contributed by atoms with Crippen LogP contribution in [0.2, 0.25) is 5.02 Å². The third kappa shape index (κ3) is 14.3. The van der Waals surface area contributed by atoms with E-state index in [1.165, 1.54) is 7.11 Å². The Balaban J connectivity index is 1.40. The number of ether oxygens (including phenoxy) is 9. The number of benzene rings is 1. The van der Waals surface area contributed by atoms with Crippen molar-refractivity contribution < 1.29 is 72.0 Å². The Morgan fingerprint density at radius 2 is 1.58 bits per heavy atom. The standard InChI is InChI=1S/C51H83ClN4O15/c1-15-37-51(10)42(70-48(61)71-51)32(6)56(13)27-28(2)25-49(8,62)41(68-46-39(57)36(55(11)12)24-29(3)64-46)30(4)40(31(5)45(59)66-37)67-38-26-50(9,63-14)43(33(7)65-38)69-47(60)54-23-17-16-22-53-44(58)34-18-20-35(52)21-19-34/h18-21,28-33,36-43,46,57,62H,15-17,22-27H2,1-14H3,(H,53,58)(H,54,60)/t28-,29-,30+,31-,32-,33+,36+,37-,38+,39-,40+,41-,42-,43+,46+,49-,50-,51-/m1/s1. The van der Waals surface area contributed by atoms with Gasteiger partial charge in [-0.1, -0.05) is 32.4 Å². The number of aliphatic hydroxyl groups excluding tert-OH is 1. The molecule has 0 saturated carbocycles. The van der Waals surface area contributed by atoms with Gasteiger partial charge in [0.2, 0.25) is 0 Å². The largest absolute Gasteiger partial charge is 0.509 e. The highest BCUT2D eigenvalue weighted by molar-refractivity contribution is 6.30. The van der Waals surface area contributed by atoms with Crippen molar-refractivity contribution in [3.8, 4) is 0 Å². The summed E-state index contributed by atoms with van der Waals surface area (Å²) in [5.41, 5.74) is -3.63. The van der Waals surface area contributed by atoms with Crippen LogP contribution in [0.1, 0.15) is 118 Å². The Kier molecular flexibility index (Phi) is 20.4. The number of cyclic esters (lactones) is 1. The number of hydrogen-bond acceptors (Lipinski definition) is 17. The molecule has 0 spiro atoms. The van der Waals surface area contributed by atoms with E-state index in [1.54, 1.807) is 58.9 Å². The molecule has 0 unspecified atom stereocenters. The van der Waals surface area contributed by atoms with Gasteiger partial charge in [-0.15, -0.1) is 0 Å². The Morgan fingerprint density at radius 3 is 2.20 bits per heavy atom. The van der Waals surface area contributed by atoms with E-state index in [-0.39, 0.29) is 49.8 Å². The number of fused-ring (bicyclic) bond motifs is 1. The number of nitrogens with zero attached hydrogens (tertiary/aromatic N) is 2. The van der Waals surface area contributed by atoms with Gasteiger partial charge >= 0.3 is 18.2 Å². The number of halogens is 1. The molecule has 71 heavy (non-hydrogen) atoms. The molecule has 19 nitrogen and oxygen atoms in total. The summed E-state index contributed by atoms with van der Waals surface area (Å²) in [6.07, 6.45) is -8.50. The molecular formula is C51H83ClN4O15. The predicted octanol–water partition coefficient (Wildman–Crippen LogP) is 5.68. The van der Waals surface area contributed by atoms with Crippen LogP contribution < -0.4 is 10.6 Å². The maximum absolute atomic E-state index is 14.7. The van der Waals surface area contributed by atoms with Crippen LogP contribution in [-0.2, 0) is 47.4 Å². The smallest absolute Gasteiger partial charge is 0.458 e. The Bertz CT molecular complexity index is 1930. The number of carbonyl (C=O) groups is 4. The minimum atomic E-state index is -1.62. The molecule has 0 radical (unpaired) electrons. The van der Waals surface area contributed by atoms with Gasteiger partial charge in [0.15, 0.2) is 30.4 Å². The number of hydrogen-bond donors (Lipinski definition) is 4. The molecule has 4 aliphatic heterocycles.